The quantitative estimate of drug-likeness (QED) is 0.0219. The van der Waals surface area contributed by atoms with Crippen molar-refractivity contribution in [1.29, 1.82) is 0 Å². The lowest BCUT2D eigenvalue weighted by molar-refractivity contribution is -0.870. The first-order chi connectivity index (χ1) is 26.6. The first-order valence-electron chi connectivity index (χ1n) is 21.1. The van der Waals surface area contributed by atoms with Gasteiger partial charge in [0.2, 0.25) is 0 Å². The topological polar surface area (TPSA) is 108 Å². The summed E-state index contributed by atoms with van der Waals surface area (Å²) in [6.07, 6.45) is 42.6. The number of hydrogen-bond acceptors (Lipinski definition) is 7. The first-order valence-corrected chi connectivity index (χ1v) is 21.1. The van der Waals surface area contributed by atoms with E-state index in [1.165, 1.54) is 51.4 Å². The van der Waals surface area contributed by atoms with Crippen LogP contribution < -0.4 is 0 Å². The number of aliphatic carboxylic acids is 1. The smallest absolute Gasteiger partial charge is 0.361 e. The van der Waals surface area contributed by atoms with Crippen LogP contribution in [-0.4, -0.2) is 87.4 Å². The van der Waals surface area contributed by atoms with E-state index in [0.717, 1.165) is 57.8 Å². The molecule has 0 aromatic heterocycles. The molecule has 0 rings (SSSR count). The molecule has 0 heterocycles. The summed E-state index contributed by atoms with van der Waals surface area (Å²) in [5.41, 5.74) is 0. The monoisotopic (exact) mass is 773 g/mol. The molecule has 0 spiro atoms. The van der Waals surface area contributed by atoms with E-state index in [1.807, 2.05) is 33.3 Å². The van der Waals surface area contributed by atoms with Crippen molar-refractivity contribution in [3.8, 4) is 0 Å². The zero-order chi connectivity index (χ0) is 40.7. The molecule has 0 bridgehead atoms. The van der Waals surface area contributed by atoms with Crippen LogP contribution in [-0.2, 0) is 33.3 Å². The molecule has 0 saturated carbocycles. The maximum atomic E-state index is 12.7. The van der Waals surface area contributed by atoms with E-state index in [4.69, 9.17) is 18.9 Å². The van der Waals surface area contributed by atoms with Crippen LogP contribution in [0.4, 0.5) is 0 Å². The number of nitrogens with zero attached hydrogens (tertiary/aromatic N) is 1. The Hall–Kier alpha value is -3.27. The molecule has 0 saturated heterocycles. The van der Waals surface area contributed by atoms with Crippen molar-refractivity contribution in [2.75, 3.05) is 47.5 Å². The molecule has 314 valence electrons. The molecular formula is C46H78NO8+. The number of hydrogen-bond donors (Lipinski definition) is 1. The molecule has 0 amide bonds. The third-order valence-electron chi connectivity index (χ3n) is 8.49. The molecule has 0 radical (unpaired) electrons. The van der Waals surface area contributed by atoms with Crippen molar-refractivity contribution in [2.45, 2.75) is 155 Å². The number of likely N-dealkylation sites (N-methyl/N-ethyl adjacent to an activating group) is 1. The number of allylic oxidation sites excluding steroid dienone is 12. The fourth-order valence-electron chi connectivity index (χ4n) is 5.21. The molecule has 1 N–H and O–H groups in total. The van der Waals surface area contributed by atoms with Gasteiger partial charge < -0.3 is 28.5 Å². The molecule has 55 heavy (non-hydrogen) atoms. The van der Waals surface area contributed by atoms with E-state index in [2.05, 4.69) is 74.6 Å². The summed E-state index contributed by atoms with van der Waals surface area (Å²) >= 11 is 0. The van der Waals surface area contributed by atoms with E-state index in [1.54, 1.807) is 0 Å². The van der Waals surface area contributed by atoms with Crippen molar-refractivity contribution < 1.29 is 42.9 Å². The predicted molar refractivity (Wildman–Crippen MR) is 226 cm³/mol. The second-order valence-corrected chi connectivity index (χ2v) is 14.9. The molecular weight excluding hydrogens is 695 g/mol. The van der Waals surface area contributed by atoms with E-state index >= 15 is 0 Å². The highest BCUT2D eigenvalue weighted by atomic mass is 16.7. The third kappa shape index (κ3) is 38.8. The van der Waals surface area contributed by atoms with Crippen LogP contribution in [0, 0.1) is 0 Å². The summed E-state index contributed by atoms with van der Waals surface area (Å²) in [6.45, 7) is 4.63. The first kappa shape index (κ1) is 51.7. The van der Waals surface area contributed by atoms with Crippen molar-refractivity contribution >= 4 is 17.9 Å². The van der Waals surface area contributed by atoms with Gasteiger partial charge >= 0.3 is 17.9 Å². The van der Waals surface area contributed by atoms with Crippen LogP contribution >= 0.6 is 0 Å². The SMILES string of the molecule is CC/C=C\C/C=C\C/C=C\C/C=C\C/C=C\C/C=C\CCC(=O)OC(COC(=O)CCCCCCCCCCCCC)COC(OCC[N+](C)(C)C)C(=O)O. The van der Waals surface area contributed by atoms with Crippen LogP contribution in [0.1, 0.15) is 142 Å². The number of carbonyl (C=O) groups is 3. The molecule has 0 aliphatic heterocycles. The number of rotatable bonds is 37. The van der Waals surface area contributed by atoms with E-state index < -0.39 is 24.3 Å². The summed E-state index contributed by atoms with van der Waals surface area (Å²) in [4.78, 5) is 36.9. The molecule has 0 fully saturated rings. The van der Waals surface area contributed by atoms with Gasteiger partial charge in [0.05, 0.1) is 34.4 Å². The average Bonchev–Trinajstić information content (AvgIpc) is 3.14. The second kappa shape index (κ2) is 37.6. The fraction of sp³-hybridized carbons (Fsp3) is 0.674. The molecule has 2 unspecified atom stereocenters. The van der Waals surface area contributed by atoms with Crippen molar-refractivity contribution in [3.05, 3.63) is 72.9 Å². The summed E-state index contributed by atoms with van der Waals surface area (Å²) in [7, 11) is 5.92. The Morgan fingerprint density at radius 3 is 1.51 bits per heavy atom. The van der Waals surface area contributed by atoms with Crippen LogP contribution in [0.25, 0.3) is 0 Å². The number of carboxylic acids is 1. The summed E-state index contributed by atoms with van der Waals surface area (Å²) in [5.74, 6) is -2.13. The molecule has 0 aliphatic rings. The lowest BCUT2D eigenvalue weighted by atomic mass is 10.1. The zero-order valence-electron chi connectivity index (χ0n) is 35.3. The standard InChI is InChI=1S/C46H77NO8/c1-6-8-10-12-14-16-18-19-20-21-22-23-24-25-27-29-31-33-35-37-44(49)55-42(41-54-46(45(50)51)52-39-38-47(3,4)5)40-53-43(48)36-34-32-30-28-26-17-15-13-11-9-7-2/h8,10,14,16,19-20,22-23,25,27,31,33,42,46H,6-7,9,11-13,15,17-18,21,24,26,28-30,32,34-41H2,1-5H3/p+1/b10-8-,16-14-,20-19-,23-22-,27-25-,33-31-. The van der Waals surface area contributed by atoms with Crippen LogP contribution in [0.2, 0.25) is 0 Å². The Morgan fingerprint density at radius 2 is 1.04 bits per heavy atom. The van der Waals surface area contributed by atoms with Gasteiger partial charge in [-0.3, -0.25) is 9.59 Å². The van der Waals surface area contributed by atoms with E-state index in [-0.39, 0.29) is 38.6 Å². The van der Waals surface area contributed by atoms with Gasteiger partial charge in [-0.05, 0) is 51.4 Å². The highest BCUT2D eigenvalue weighted by molar-refractivity contribution is 5.71. The maximum Gasteiger partial charge on any atom is 0.361 e. The number of carbonyl (C=O) groups excluding carboxylic acids is 2. The molecule has 0 aliphatic carbocycles. The van der Waals surface area contributed by atoms with Gasteiger partial charge in [0.1, 0.15) is 13.2 Å². The van der Waals surface area contributed by atoms with Gasteiger partial charge in [-0.1, -0.05) is 151 Å². The van der Waals surface area contributed by atoms with Crippen LogP contribution in [0.5, 0.6) is 0 Å². The van der Waals surface area contributed by atoms with Crippen molar-refractivity contribution in [2.24, 2.45) is 0 Å². The van der Waals surface area contributed by atoms with Gasteiger partial charge in [-0.2, -0.15) is 0 Å². The van der Waals surface area contributed by atoms with Gasteiger partial charge in [0, 0.05) is 12.8 Å². The Balaban J connectivity index is 4.62. The van der Waals surface area contributed by atoms with Gasteiger partial charge in [0.15, 0.2) is 6.10 Å². The lowest BCUT2D eigenvalue weighted by Gasteiger charge is -2.25. The Morgan fingerprint density at radius 1 is 0.564 bits per heavy atom. The van der Waals surface area contributed by atoms with Gasteiger partial charge in [0.25, 0.3) is 6.29 Å². The van der Waals surface area contributed by atoms with Gasteiger partial charge in [-0.15, -0.1) is 0 Å². The van der Waals surface area contributed by atoms with Crippen molar-refractivity contribution in [3.63, 3.8) is 0 Å². The number of ether oxygens (including phenoxy) is 4. The Labute approximate surface area is 335 Å². The van der Waals surface area contributed by atoms with Crippen molar-refractivity contribution in [1.82, 2.24) is 0 Å². The number of unbranched alkanes of at least 4 members (excludes halogenated alkanes) is 10. The second-order valence-electron chi connectivity index (χ2n) is 14.9. The minimum atomic E-state index is -1.53. The van der Waals surface area contributed by atoms with Gasteiger partial charge in [-0.25, -0.2) is 4.79 Å². The normalized spacial score (nSPS) is 13.7. The number of quaternary nitrogens is 1. The summed E-state index contributed by atoms with van der Waals surface area (Å²) in [6, 6.07) is 0. The molecule has 9 heteroatoms. The highest BCUT2D eigenvalue weighted by Crippen LogP contribution is 2.13. The molecule has 0 aromatic rings. The highest BCUT2D eigenvalue weighted by Gasteiger charge is 2.25. The Bertz CT molecular complexity index is 1130. The van der Waals surface area contributed by atoms with Crippen LogP contribution in [0.3, 0.4) is 0 Å². The van der Waals surface area contributed by atoms with Crippen LogP contribution in [0.15, 0.2) is 72.9 Å². The minimum absolute atomic E-state index is 0.133. The average molecular weight is 773 g/mol. The molecule has 0 aromatic carbocycles. The predicted octanol–water partition coefficient (Wildman–Crippen LogP) is 10.8. The zero-order valence-corrected chi connectivity index (χ0v) is 35.3. The van der Waals surface area contributed by atoms with E-state index in [0.29, 0.717) is 17.4 Å². The summed E-state index contributed by atoms with van der Waals surface area (Å²) in [5, 5.41) is 9.60. The molecule has 2 atom stereocenters. The largest absolute Gasteiger partial charge is 0.477 e. The number of carboxylic acid groups (broad SMARTS) is 1. The maximum absolute atomic E-state index is 12.7. The fourth-order valence-corrected chi connectivity index (χ4v) is 5.21. The minimum Gasteiger partial charge on any atom is -0.477 e. The third-order valence-corrected chi connectivity index (χ3v) is 8.49. The Kier molecular flexibility index (Phi) is 35.4. The summed E-state index contributed by atoms with van der Waals surface area (Å²) < 4.78 is 22.6. The molecule has 9 nitrogen and oxygen atoms in total. The lowest BCUT2D eigenvalue weighted by Crippen LogP contribution is -2.40. The number of esters is 2. The van der Waals surface area contributed by atoms with E-state index in [9.17, 15) is 19.5 Å².